The molecule has 4 rings (SSSR count). The van der Waals surface area contributed by atoms with Gasteiger partial charge in [0.25, 0.3) is 5.91 Å². The fourth-order valence-corrected chi connectivity index (χ4v) is 6.45. The Morgan fingerprint density at radius 2 is 1.58 bits per heavy atom. The number of halogens is 2. The molecule has 254 valence electrons. The third kappa shape index (κ3) is 10.1. The van der Waals surface area contributed by atoms with Gasteiger partial charge in [0.15, 0.2) is 5.78 Å². The molecule has 1 aromatic heterocycles. The molecule has 0 radical (unpaired) electrons. The van der Waals surface area contributed by atoms with Crippen LogP contribution in [-0.4, -0.2) is 54.3 Å². The Bertz CT molecular complexity index is 1710. The second-order valence-electron chi connectivity index (χ2n) is 12.0. The molecule has 10 heteroatoms. The van der Waals surface area contributed by atoms with E-state index in [-0.39, 0.29) is 30.2 Å². The minimum Gasteiger partial charge on any atom is -0.456 e. The van der Waals surface area contributed by atoms with Crippen molar-refractivity contribution in [3.63, 3.8) is 0 Å². The van der Waals surface area contributed by atoms with Gasteiger partial charge in [0, 0.05) is 48.7 Å². The molecule has 2 atom stereocenters. The summed E-state index contributed by atoms with van der Waals surface area (Å²) in [4.78, 5) is 42.1. The number of benzene rings is 3. The predicted octanol–water partition coefficient (Wildman–Crippen LogP) is 7.35. The minimum atomic E-state index is -0.876. The monoisotopic (exact) mass is 675 g/mol. The number of aryl methyl sites for hydroxylation is 1. The Kier molecular flexibility index (Phi) is 13.1. The van der Waals surface area contributed by atoms with Crippen LogP contribution in [0.25, 0.3) is 10.4 Å². The topological polar surface area (TPSA) is 102 Å². The number of ketones is 1. The standard InChI is InChI=1S/C38H43F2N3O4S/c1-5-12-43(13-6-2)37(45)29-14-24(3)15-30(20-29)38(46)47-34(33(41)19-27-17-31(39)21-32(40)18-27)23-42-22-26-8-7-9-28(16-26)36-11-10-35(48-36)25(4)44/h7-11,14-18,20-21,33-34,42H,5-6,12-13,19,22-23,41H2,1-4H3. The first-order chi connectivity index (χ1) is 23.0. The van der Waals surface area contributed by atoms with Crippen molar-refractivity contribution in [1.29, 1.82) is 0 Å². The van der Waals surface area contributed by atoms with E-state index in [2.05, 4.69) is 5.32 Å². The second-order valence-corrected chi connectivity index (χ2v) is 13.1. The first kappa shape index (κ1) is 36.6. The van der Waals surface area contributed by atoms with E-state index >= 15 is 0 Å². The van der Waals surface area contributed by atoms with Crippen LogP contribution in [0.5, 0.6) is 0 Å². The van der Waals surface area contributed by atoms with Gasteiger partial charge >= 0.3 is 5.97 Å². The smallest absolute Gasteiger partial charge is 0.338 e. The van der Waals surface area contributed by atoms with Crippen LogP contribution in [0.4, 0.5) is 8.78 Å². The zero-order valence-corrected chi connectivity index (χ0v) is 28.7. The molecule has 1 amide bonds. The summed E-state index contributed by atoms with van der Waals surface area (Å²) in [5.41, 5.74) is 10.2. The number of hydrogen-bond acceptors (Lipinski definition) is 7. The molecule has 0 saturated heterocycles. The van der Waals surface area contributed by atoms with E-state index < -0.39 is 29.7 Å². The molecule has 0 fully saturated rings. The minimum absolute atomic E-state index is 0.0189. The molecule has 1 heterocycles. The number of ether oxygens (including phenoxy) is 1. The van der Waals surface area contributed by atoms with Gasteiger partial charge in [-0.2, -0.15) is 0 Å². The molecule has 2 unspecified atom stereocenters. The average Bonchev–Trinajstić information content (AvgIpc) is 3.54. The van der Waals surface area contributed by atoms with Crippen LogP contribution in [0.1, 0.15) is 80.7 Å². The van der Waals surface area contributed by atoms with Crippen molar-refractivity contribution in [1.82, 2.24) is 10.2 Å². The molecule has 0 aliphatic heterocycles. The summed E-state index contributed by atoms with van der Waals surface area (Å²) in [5, 5.41) is 3.32. The number of hydrogen-bond donors (Lipinski definition) is 2. The first-order valence-electron chi connectivity index (χ1n) is 16.2. The van der Waals surface area contributed by atoms with Gasteiger partial charge in [-0.05, 0) is 104 Å². The lowest BCUT2D eigenvalue weighted by Crippen LogP contribution is -2.46. The zero-order valence-electron chi connectivity index (χ0n) is 27.9. The molecule has 0 bridgehead atoms. The van der Waals surface area contributed by atoms with Gasteiger partial charge in [0.2, 0.25) is 0 Å². The maximum atomic E-state index is 14.0. The number of rotatable bonds is 16. The van der Waals surface area contributed by atoms with E-state index in [1.54, 1.807) is 30.0 Å². The Labute approximate surface area is 285 Å². The first-order valence-corrected chi connectivity index (χ1v) is 17.0. The Morgan fingerprint density at radius 3 is 2.23 bits per heavy atom. The molecule has 0 aliphatic rings. The third-order valence-corrected chi connectivity index (χ3v) is 9.04. The highest BCUT2D eigenvalue weighted by Gasteiger charge is 2.25. The van der Waals surface area contributed by atoms with Gasteiger partial charge in [0.05, 0.1) is 10.4 Å². The number of nitrogens with zero attached hydrogens (tertiary/aromatic N) is 1. The second kappa shape index (κ2) is 17.2. The quantitative estimate of drug-likeness (QED) is 0.0952. The number of carbonyl (C=O) groups excluding carboxylic acids is 3. The van der Waals surface area contributed by atoms with Crippen molar-refractivity contribution in [2.45, 2.75) is 65.6 Å². The fourth-order valence-electron chi connectivity index (χ4n) is 5.56. The number of esters is 1. The van der Waals surface area contributed by atoms with E-state index in [1.165, 1.54) is 23.5 Å². The van der Waals surface area contributed by atoms with Crippen LogP contribution in [0.2, 0.25) is 0 Å². The van der Waals surface area contributed by atoms with Crippen molar-refractivity contribution < 1.29 is 27.9 Å². The van der Waals surface area contributed by atoms with Gasteiger partial charge in [-0.3, -0.25) is 9.59 Å². The van der Waals surface area contributed by atoms with Crippen LogP contribution in [-0.2, 0) is 17.7 Å². The maximum Gasteiger partial charge on any atom is 0.338 e. The van der Waals surface area contributed by atoms with Crippen molar-refractivity contribution in [2.24, 2.45) is 5.73 Å². The van der Waals surface area contributed by atoms with Crippen molar-refractivity contribution >= 4 is 29.0 Å². The van der Waals surface area contributed by atoms with Crippen LogP contribution >= 0.6 is 11.3 Å². The molecule has 3 N–H and O–H groups in total. The summed E-state index contributed by atoms with van der Waals surface area (Å²) in [6.07, 6.45) is 0.806. The van der Waals surface area contributed by atoms with E-state index in [9.17, 15) is 23.2 Å². The molecular formula is C38H43F2N3O4S. The lowest BCUT2D eigenvalue weighted by atomic mass is 10.0. The van der Waals surface area contributed by atoms with Crippen LogP contribution < -0.4 is 11.1 Å². The lowest BCUT2D eigenvalue weighted by molar-refractivity contribution is 0.0238. The van der Waals surface area contributed by atoms with E-state index in [0.717, 1.165) is 40.5 Å². The van der Waals surface area contributed by atoms with Gasteiger partial charge < -0.3 is 20.7 Å². The molecule has 0 aliphatic carbocycles. The maximum absolute atomic E-state index is 14.0. The molecule has 3 aromatic carbocycles. The van der Waals surface area contributed by atoms with Gasteiger partial charge in [-0.1, -0.05) is 32.0 Å². The lowest BCUT2D eigenvalue weighted by Gasteiger charge is -2.25. The van der Waals surface area contributed by atoms with Crippen LogP contribution in [0, 0.1) is 18.6 Å². The molecule has 0 saturated carbocycles. The summed E-state index contributed by atoms with van der Waals surface area (Å²) in [6.45, 7) is 9.17. The van der Waals surface area contributed by atoms with E-state index in [1.807, 2.05) is 57.2 Å². The van der Waals surface area contributed by atoms with E-state index in [0.29, 0.717) is 35.6 Å². The van der Waals surface area contributed by atoms with Crippen molar-refractivity contribution in [3.05, 3.63) is 117 Å². The van der Waals surface area contributed by atoms with E-state index in [4.69, 9.17) is 10.5 Å². The third-order valence-electron chi connectivity index (χ3n) is 7.80. The van der Waals surface area contributed by atoms with Gasteiger partial charge in [-0.25, -0.2) is 13.6 Å². The summed E-state index contributed by atoms with van der Waals surface area (Å²) >= 11 is 1.43. The largest absolute Gasteiger partial charge is 0.456 e. The van der Waals surface area contributed by atoms with Crippen molar-refractivity contribution in [3.8, 4) is 10.4 Å². The summed E-state index contributed by atoms with van der Waals surface area (Å²) in [5.74, 6) is -2.23. The summed E-state index contributed by atoms with van der Waals surface area (Å²) < 4.78 is 33.9. The van der Waals surface area contributed by atoms with Crippen LogP contribution in [0.15, 0.2) is 72.8 Å². The summed E-state index contributed by atoms with van der Waals surface area (Å²) in [6, 6.07) is 19.0. The fraction of sp³-hybridized carbons (Fsp3) is 0.342. The Morgan fingerprint density at radius 1 is 0.896 bits per heavy atom. The number of carbonyl (C=O) groups is 3. The van der Waals surface area contributed by atoms with Gasteiger partial charge in [0.1, 0.15) is 17.7 Å². The molecule has 7 nitrogen and oxygen atoms in total. The molecule has 4 aromatic rings. The normalized spacial score (nSPS) is 12.4. The zero-order chi connectivity index (χ0) is 34.8. The predicted molar refractivity (Wildman–Crippen MR) is 186 cm³/mol. The Hall–Kier alpha value is -4.25. The number of nitrogens with two attached hydrogens (primary N) is 1. The Balaban J connectivity index is 1.53. The highest BCUT2D eigenvalue weighted by Crippen LogP contribution is 2.29. The van der Waals surface area contributed by atoms with Crippen LogP contribution in [0.3, 0.4) is 0 Å². The summed E-state index contributed by atoms with van der Waals surface area (Å²) in [7, 11) is 0. The molecule has 48 heavy (non-hydrogen) atoms. The van der Waals surface area contributed by atoms with Crippen molar-refractivity contribution in [2.75, 3.05) is 19.6 Å². The number of nitrogens with one attached hydrogen (secondary N) is 1. The highest BCUT2D eigenvalue weighted by molar-refractivity contribution is 7.17. The van der Waals surface area contributed by atoms with Gasteiger partial charge in [-0.15, -0.1) is 11.3 Å². The molecule has 0 spiro atoms. The average molecular weight is 676 g/mol. The highest BCUT2D eigenvalue weighted by atomic mass is 32.1. The SMILES string of the molecule is CCCN(CCC)C(=O)c1cc(C)cc(C(=O)OC(CNCc2cccc(-c3ccc(C(C)=O)s3)c2)C(N)Cc2cc(F)cc(F)c2)c1. The number of amides is 1. The number of thiophene rings is 1. The number of Topliss-reactive ketones (excluding diaryl/α,β-unsaturated/α-hetero) is 1. The molecular weight excluding hydrogens is 632 g/mol.